The van der Waals surface area contributed by atoms with E-state index in [0.29, 0.717) is 5.57 Å². The van der Waals surface area contributed by atoms with Crippen LogP contribution in [-0.2, 0) is 21.9 Å². The molecule has 0 saturated heterocycles. The fourth-order valence-corrected chi connectivity index (χ4v) is 3.50. The first-order valence-corrected chi connectivity index (χ1v) is 12.6. The second-order valence-corrected chi connectivity index (χ2v) is 8.45. The number of ketones is 1. The molecular formula is C31H39FeO3-. The Hall–Kier alpha value is -2.68. The summed E-state index contributed by atoms with van der Waals surface area (Å²) >= 11 is 0. The van der Waals surface area contributed by atoms with Gasteiger partial charge in [-0.2, -0.15) is 18.2 Å². The predicted molar refractivity (Wildman–Crippen MR) is 143 cm³/mol. The first kappa shape index (κ1) is 30.4. The second kappa shape index (κ2) is 19.6. The van der Waals surface area contributed by atoms with Crippen LogP contribution in [-0.4, -0.2) is 17.5 Å². The van der Waals surface area contributed by atoms with E-state index in [9.17, 15) is 9.90 Å². The Kier molecular flexibility index (Phi) is 17.0. The number of allylic oxidation sites excluding steroid dienone is 7. The van der Waals surface area contributed by atoms with Crippen molar-refractivity contribution in [1.82, 2.24) is 0 Å². The number of carbonyl (C=O) groups excluding carboxylic acids is 1. The third kappa shape index (κ3) is 14.3. The number of rotatable bonds is 14. The molecule has 0 atom stereocenters. The van der Waals surface area contributed by atoms with Crippen LogP contribution in [0, 0.1) is 0 Å². The molecule has 0 aliphatic heterocycles. The minimum Gasteiger partial charge on any atom is -0.511 e. The van der Waals surface area contributed by atoms with Crippen LogP contribution in [0.3, 0.4) is 0 Å². The number of aliphatic hydroxyl groups is 1. The van der Waals surface area contributed by atoms with E-state index in [2.05, 4.69) is 6.92 Å². The maximum absolute atomic E-state index is 12.0. The Bertz CT molecular complexity index is 887. The van der Waals surface area contributed by atoms with E-state index >= 15 is 0 Å². The number of ether oxygens (including phenoxy) is 1. The Morgan fingerprint density at radius 1 is 0.914 bits per heavy atom. The number of aliphatic hydroxyl groups excluding tert-OH is 1. The Morgan fingerprint density at radius 3 is 2.09 bits per heavy atom. The topological polar surface area (TPSA) is 46.5 Å². The maximum atomic E-state index is 12.0. The van der Waals surface area contributed by atoms with Crippen molar-refractivity contribution in [2.45, 2.75) is 64.7 Å². The number of benzene rings is 1. The smallest absolute Gasteiger partial charge is 0.163 e. The van der Waals surface area contributed by atoms with E-state index in [-0.39, 0.29) is 35.0 Å². The SMILES string of the molecule is CCCCCCCCCCOc1ccc(/C=C/C(=O)CC(O)=C2C=CC=C2)cc1.[Fe].c1cc[cH-]c1. The van der Waals surface area contributed by atoms with Crippen molar-refractivity contribution in [3.63, 3.8) is 0 Å². The van der Waals surface area contributed by atoms with Crippen LogP contribution in [0.5, 0.6) is 5.75 Å². The first-order valence-electron chi connectivity index (χ1n) is 12.6. The zero-order valence-electron chi connectivity index (χ0n) is 20.8. The number of hydrogen-bond donors (Lipinski definition) is 1. The summed E-state index contributed by atoms with van der Waals surface area (Å²) in [5.74, 6) is 0.840. The van der Waals surface area contributed by atoms with Gasteiger partial charge in [-0.25, -0.2) is 12.1 Å². The van der Waals surface area contributed by atoms with E-state index < -0.39 is 0 Å². The monoisotopic (exact) mass is 515 g/mol. The molecule has 0 bridgehead atoms. The maximum Gasteiger partial charge on any atom is 0.163 e. The molecule has 0 saturated carbocycles. The fraction of sp³-hybridized carbons (Fsp3) is 0.355. The van der Waals surface area contributed by atoms with Gasteiger partial charge in [0.1, 0.15) is 11.5 Å². The van der Waals surface area contributed by atoms with Gasteiger partial charge in [-0.15, -0.1) is 0 Å². The van der Waals surface area contributed by atoms with Crippen LogP contribution < -0.4 is 4.74 Å². The standard InChI is InChI=1S/C26H34O3.C5H5.Fe/c1-2-3-4-5-6-7-8-11-20-29-25-18-15-22(16-19-25)14-17-24(27)21-26(28)23-12-9-10-13-23;1-2-4-5-3-1;/h9-10,12-19,28H,2-8,11,20-21H2,1H3;1-5H;/q;-1;/b17-14+;;. The molecular weight excluding hydrogens is 476 g/mol. The van der Waals surface area contributed by atoms with Crippen LogP contribution in [0.25, 0.3) is 6.08 Å². The van der Waals surface area contributed by atoms with Gasteiger partial charge in [0.15, 0.2) is 5.78 Å². The van der Waals surface area contributed by atoms with Gasteiger partial charge in [-0.3, -0.25) is 4.79 Å². The molecule has 3 nitrogen and oxygen atoms in total. The number of hydrogen-bond acceptors (Lipinski definition) is 3. The van der Waals surface area contributed by atoms with Crippen molar-refractivity contribution < 1.29 is 31.7 Å². The van der Waals surface area contributed by atoms with Crippen LogP contribution in [0.15, 0.2) is 96.3 Å². The van der Waals surface area contributed by atoms with Gasteiger partial charge in [-0.05, 0) is 30.2 Å². The molecule has 0 fully saturated rings. The van der Waals surface area contributed by atoms with Crippen LogP contribution in [0.1, 0.15) is 70.3 Å². The van der Waals surface area contributed by atoms with Crippen molar-refractivity contribution >= 4 is 11.9 Å². The van der Waals surface area contributed by atoms with Gasteiger partial charge in [-0.1, -0.05) is 94.4 Å². The zero-order chi connectivity index (χ0) is 24.3. The average molecular weight is 515 g/mol. The molecule has 0 spiro atoms. The summed E-state index contributed by atoms with van der Waals surface area (Å²) in [6.07, 6.45) is 20.9. The fourth-order valence-electron chi connectivity index (χ4n) is 3.50. The third-order valence-electron chi connectivity index (χ3n) is 5.50. The molecule has 1 aliphatic carbocycles. The molecule has 0 radical (unpaired) electrons. The number of unbranched alkanes of at least 4 members (excludes halogenated alkanes) is 7. The summed E-state index contributed by atoms with van der Waals surface area (Å²) in [7, 11) is 0. The summed E-state index contributed by atoms with van der Waals surface area (Å²) in [5.41, 5.74) is 1.63. The van der Waals surface area contributed by atoms with E-state index in [1.165, 1.54) is 51.0 Å². The van der Waals surface area contributed by atoms with Crippen LogP contribution >= 0.6 is 0 Å². The molecule has 190 valence electrons. The summed E-state index contributed by atoms with van der Waals surface area (Å²) < 4.78 is 5.80. The van der Waals surface area contributed by atoms with E-state index in [1.807, 2.05) is 66.7 Å². The zero-order valence-corrected chi connectivity index (χ0v) is 22.0. The molecule has 1 N–H and O–H groups in total. The van der Waals surface area contributed by atoms with Gasteiger partial charge in [0.05, 0.1) is 13.0 Å². The molecule has 0 heterocycles. The van der Waals surface area contributed by atoms with E-state index in [0.717, 1.165) is 24.3 Å². The molecule has 0 unspecified atom stereocenters. The molecule has 2 aromatic rings. The van der Waals surface area contributed by atoms with Gasteiger partial charge in [0.2, 0.25) is 0 Å². The minimum absolute atomic E-state index is 0. The summed E-state index contributed by atoms with van der Waals surface area (Å²) in [5, 5.41) is 9.94. The molecule has 3 rings (SSSR count). The molecule has 4 heteroatoms. The largest absolute Gasteiger partial charge is 0.511 e. The average Bonchev–Trinajstić information content (AvgIpc) is 3.60. The summed E-state index contributed by atoms with van der Waals surface area (Å²) in [6.45, 7) is 3.00. The normalized spacial score (nSPS) is 11.7. The quantitative estimate of drug-likeness (QED) is 0.0902. The van der Waals surface area contributed by atoms with Crippen molar-refractivity contribution in [1.29, 1.82) is 0 Å². The van der Waals surface area contributed by atoms with Crippen molar-refractivity contribution in [3.05, 3.63) is 102 Å². The van der Waals surface area contributed by atoms with Crippen molar-refractivity contribution in [3.8, 4) is 5.75 Å². The van der Waals surface area contributed by atoms with Gasteiger partial charge < -0.3 is 9.84 Å². The molecule has 2 aromatic carbocycles. The van der Waals surface area contributed by atoms with Gasteiger partial charge >= 0.3 is 0 Å². The van der Waals surface area contributed by atoms with Gasteiger partial charge in [0, 0.05) is 22.6 Å². The predicted octanol–water partition coefficient (Wildman–Crippen LogP) is 8.52. The minimum atomic E-state index is -0.126. The second-order valence-electron chi connectivity index (χ2n) is 8.45. The van der Waals surface area contributed by atoms with E-state index in [1.54, 1.807) is 18.2 Å². The number of carbonyl (C=O) groups is 1. The Morgan fingerprint density at radius 2 is 1.51 bits per heavy atom. The van der Waals surface area contributed by atoms with Crippen molar-refractivity contribution in [2.24, 2.45) is 0 Å². The molecule has 0 aromatic heterocycles. The van der Waals surface area contributed by atoms with Crippen LogP contribution in [0.4, 0.5) is 0 Å². The third-order valence-corrected chi connectivity index (χ3v) is 5.50. The Balaban J connectivity index is 0.000000904. The molecule has 1 aliphatic rings. The first-order chi connectivity index (χ1) is 16.7. The molecule has 0 amide bonds. The van der Waals surface area contributed by atoms with Crippen molar-refractivity contribution in [2.75, 3.05) is 6.61 Å². The van der Waals surface area contributed by atoms with Gasteiger partial charge in [0.25, 0.3) is 0 Å². The van der Waals surface area contributed by atoms with E-state index in [4.69, 9.17) is 4.74 Å². The molecule has 35 heavy (non-hydrogen) atoms. The van der Waals surface area contributed by atoms with Crippen LogP contribution in [0.2, 0.25) is 0 Å². The summed E-state index contributed by atoms with van der Waals surface area (Å²) in [4.78, 5) is 12.0. The summed E-state index contributed by atoms with van der Waals surface area (Å²) in [6, 6.07) is 17.7. The Labute approximate surface area is 222 Å².